The van der Waals surface area contributed by atoms with E-state index in [2.05, 4.69) is 59.8 Å². The van der Waals surface area contributed by atoms with Crippen molar-refractivity contribution < 1.29 is 0 Å². The summed E-state index contributed by atoms with van der Waals surface area (Å²) >= 11 is 1.84. The molecule has 112 valence electrons. The first-order valence-corrected chi connectivity index (χ1v) is 8.73. The van der Waals surface area contributed by atoms with Gasteiger partial charge in [0.05, 0.1) is 6.04 Å². The average Bonchev–Trinajstić information content (AvgIpc) is 3.12. The van der Waals surface area contributed by atoms with Crippen molar-refractivity contribution in [2.45, 2.75) is 39.3 Å². The molecule has 0 saturated carbocycles. The predicted octanol–water partition coefficient (Wildman–Crippen LogP) is 4.83. The first-order chi connectivity index (χ1) is 10.2. The third-order valence-corrected chi connectivity index (χ3v) is 5.48. The van der Waals surface area contributed by atoms with E-state index in [4.69, 9.17) is 0 Å². The monoisotopic (exact) mass is 300 g/mol. The van der Waals surface area contributed by atoms with Gasteiger partial charge in [-0.3, -0.25) is 4.90 Å². The van der Waals surface area contributed by atoms with E-state index >= 15 is 0 Å². The molecule has 0 aliphatic carbocycles. The number of aryl methyl sites for hydroxylation is 1. The molecule has 1 aromatic heterocycles. The Labute approximate surface area is 131 Å². The van der Waals surface area contributed by atoms with Crippen LogP contribution in [0.15, 0.2) is 35.7 Å². The SMILES string of the molecule is Cc1ccsc1C(C)Nc1ccccc1CN1CCCC1. The van der Waals surface area contributed by atoms with Crippen molar-refractivity contribution in [3.63, 3.8) is 0 Å². The van der Waals surface area contributed by atoms with Crippen LogP contribution in [-0.4, -0.2) is 18.0 Å². The van der Waals surface area contributed by atoms with E-state index in [1.54, 1.807) is 0 Å². The highest BCUT2D eigenvalue weighted by atomic mass is 32.1. The van der Waals surface area contributed by atoms with Crippen LogP contribution >= 0.6 is 11.3 Å². The normalized spacial score (nSPS) is 17.0. The van der Waals surface area contributed by atoms with E-state index in [-0.39, 0.29) is 0 Å². The second kappa shape index (κ2) is 6.63. The second-order valence-corrected chi connectivity index (χ2v) is 6.92. The lowest BCUT2D eigenvalue weighted by Gasteiger charge is -2.21. The van der Waals surface area contributed by atoms with E-state index in [0.717, 1.165) is 6.54 Å². The maximum Gasteiger partial charge on any atom is 0.0581 e. The summed E-state index contributed by atoms with van der Waals surface area (Å²) in [5, 5.41) is 5.89. The number of thiophene rings is 1. The van der Waals surface area contributed by atoms with E-state index in [0.29, 0.717) is 6.04 Å². The Balaban J connectivity index is 1.74. The van der Waals surface area contributed by atoms with Gasteiger partial charge in [0, 0.05) is 17.1 Å². The van der Waals surface area contributed by atoms with E-state index in [9.17, 15) is 0 Å². The summed E-state index contributed by atoms with van der Waals surface area (Å²) in [6.07, 6.45) is 2.70. The summed E-state index contributed by atoms with van der Waals surface area (Å²) in [5.74, 6) is 0. The van der Waals surface area contributed by atoms with Gasteiger partial charge in [0.15, 0.2) is 0 Å². The minimum Gasteiger partial charge on any atom is -0.377 e. The van der Waals surface area contributed by atoms with Crippen LogP contribution in [0.5, 0.6) is 0 Å². The zero-order valence-corrected chi connectivity index (χ0v) is 13.7. The van der Waals surface area contributed by atoms with Crippen LogP contribution in [-0.2, 0) is 6.54 Å². The Kier molecular flexibility index (Phi) is 4.61. The first-order valence-electron chi connectivity index (χ1n) is 7.85. The van der Waals surface area contributed by atoms with Gasteiger partial charge >= 0.3 is 0 Å². The third-order valence-electron chi connectivity index (χ3n) is 4.28. The molecule has 1 fully saturated rings. The van der Waals surface area contributed by atoms with Gasteiger partial charge in [-0.1, -0.05) is 18.2 Å². The first kappa shape index (κ1) is 14.6. The van der Waals surface area contributed by atoms with Crippen LogP contribution in [0.4, 0.5) is 5.69 Å². The van der Waals surface area contributed by atoms with Crippen molar-refractivity contribution in [3.05, 3.63) is 51.7 Å². The number of rotatable bonds is 5. The Morgan fingerprint density at radius 3 is 2.67 bits per heavy atom. The molecule has 1 aromatic carbocycles. The highest BCUT2D eigenvalue weighted by Crippen LogP contribution is 2.29. The van der Waals surface area contributed by atoms with Crippen LogP contribution in [0, 0.1) is 6.92 Å². The van der Waals surface area contributed by atoms with Gasteiger partial charge in [0.25, 0.3) is 0 Å². The molecule has 0 bridgehead atoms. The van der Waals surface area contributed by atoms with Crippen LogP contribution in [0.1, 0.15) is 41.8 Å². The van der Waals surface area contributed by atoms with Crippen molar-refractivity contribution in [3.8, 4) is 0 Å². The Morgan fingerprint density at radius 2 is 1.95 bits per heavy atom. The highest BCUT2D eigenvalue weighted by molar-refractivity contribution is 7.10. The average molecular weight is 300 g/mol. The van der Waals surface area contributed by atoms with Gasteiger partial charge in [-0.2, -0.15) is 0 Å². The number of nitrogens with zero attached hydrogens (tertiary/aromatic N) is 1. The molecule has 0 amide bonds. The van der Waals surface area contributed by atoms with Gasteiger partial charge in [-0.15, -0.1) is 11.3 Å². The number of hydrogen-bond donors (Lipinski definition) is 1. The van der Waals surface area contributed by atoms with Gasteiger partial charge in [-0.05, 0) is 68.4 Å². The van der Waals surface area contributed by atoms with Crippen LogP contribution in [0.3, 0.4) is 0 Å². The summed E-state index contributed by atoms with van der Waals surface area (Å²) in [7, 11) is 0. The quantitative estimate of drug-likeness (QED) is 0.851. The molecule has 1 aliphatic heterocycles. The molecule has 21 heavy (non-hydrogen) atoms. The standard InChI is InChI=1S/C18H24N2S/c1-14-9-12-21-18(14)15(2)19-17-8-4-3-7-16(17)13-20-10-5-6-11-20/h3-4,7-9,12,15,19H,5-6,10-11,13H2,1-2H3. The second-order valence-electron chi connectivity index (χ2n) is 5.97. The van der Waals surface area contributed by atoms with Gasteiger partial charge in [0.1, 0.15) is 0 Å². The maximum atomic E-state index is 3.71. The van der Waals surface area contributed by atoms with Crippen molar-refractivity contribution in [1.29, 1.82) is 0 Å². The summed E-state index contributed by atoms with van der Waals surface area (Å²) in [4.78, 5) is 3.99. The fourth-order valence-corrected chi connectivity index (χ4v) is 4.04. The number of para-hydroxylation sites is 1. The van der Waals surface area contributed by atoms with E-state index < -0.39 is 0 Å². The zero-order chi connectivity index (χ0) is 14.7. The predicted molar refractivity (Wildman–Crippen MR) is 92.0 cm³/mol. The molecular formula is C18H24N2S. The van der Waals surface area contributed by atoms with Crippen molar-refractivity contribution in [2.75, 3.05) is 18.4 Å². The summed E-state index contributed by atoms with van der Waals surface area (Å²) < 4.78 is 0. The zero-order valence-electron chi connectivity index (χ0n) is 12.9. The largest absolute Gasteiger partial charge is 0.377 e. The fourth-order valence-electron chi connectivity index (χ4n) is 3.11. The van der Waals surface area contributed by atoms with E-state index in [1.165, 1.54) is 47.6 Å². The number of likely N-dealkylation sites (tertiary alicyclic amines) is 1. The van der Waals surface area contributed by atoms with Crippen LogP contribution in [0.2, 0.25) is 0 Å². The molecule has 2 heterocycles. The van der Waals surface area contributed by atoms with Gasteiger partial charge in [0.2, 0.25) is 0 Å². The number of hydrogen-bond acceptors (Lipinski definition) is 3. The molecule has 2 nitrogen and oxygen atoms in total. The summed E-state index contributed by atoms with van der Waals surface area (Å²) in [6.45, 7) is 8.01. The molecular weight excluding hydrogens is 276 g/mol. The summed E-state index contributed by atoms with van der Waals surface area (Å²) in [6, 6.07) is 11.3. The van der Waals surface area contributed by atoms with Crippen molar-refractivity contribution >= 4 is 17.0 Å². The molecule has 3 heteroatoms. The summed E-state index contributed by atoms with van der Waals surface area (Å²) in [5.41, 5.74) is 4.09. The molecule has 1 saturated heterocycles. The van der Waals surface area contributed by atoms with Crippen LogP contribution < -0.4 is 5.32 Å². The fraction of sp³-hybridized carbons (Fsp3) is 0.444. The third kappa shape index (κ3) is 3.47. The molecule has 1 aliphatic rings. The smallest absolute Gasteiger partial charge is 0.0581 e. The van der Waals surface area contributed by atoms with Crippen LogP contribution in [0.25, 0.3) is 0 Å². The molecule has 1 atom stereocenters. The lowest BCUT2D eigenvalue weighted by Crippen LogP contribution is -2.19. The van der Waals surface area contributed by atoms with Gasteiger partial charge < -0.3 is 5.32 Å². The molecule has 0 radical (unpaired) electrons. The number of nitrogens with one attached hydrogen (secondary N) is 1. The molecule has 1 N–H and O–H groups in total. The Hall–Kier alpha value is -1.32. The molecule has 0 spiro atoms. The van der Waals surface area contributed by atoms with Gasteiger partial charge in [-0.25, -0.2) is 0 Å². The number of benzene rings is 1. The minimum atomic E-state index is 0.365. The molecule has 3 rings (SSSR count). The lowest BCUT2D eigenvalue weighted by atomic mass is 10.1. The topological polar surface area (TPSA) is 15.3 Å². The minimum absolute atomic E-state index is 0.365. The van der Waals surface area contributed by atoms with Crippen molar-refractivity contribution in [1.82, 2.24) is 4.90 Å². The highest BCUT2D eigenvalue weighted by Gasteiger charge is 2.15. The van der Waals surface area contributed by atoms with Crippen molar-refractivity contribution in [2.24, 2.45) is 0 Å². The lowest BCUT2D eigenvalue weighted by molar-refractivity contribution is 0.332. The molecule has 2 aromatic rings. The Morgan fingerprint density at radius 1 is 1.19 bits per heavy atom. The van der Waals surface area contributed by atoms with E-state index in [1.807, 2.05) is 11.3 Å². The molecule has 1 unspecified atom stereocenters. The number of anilines is 1. The Bertz CT molecular complexity index is 584. The maximum absolute atomic E-state index is 3.71.